The van der Waals surface area contributed by atoms with E-state index < -0.39 is 5.82 Å². The number of rotatable bonds is 6. The van der Waals surface area contributed by atoms with E-state index in [0.29, 0.717) is 11.5 Å². The van der Waals surface area contributed by atoms with E-state index in [4.69, 9.17) is 5.73 Å². The van der Waals surface area contributed by atoms with Crippen molar-refractivity contribution < 1.29 is 9.18 Å². The number of benzene rings is 1. The molecule has 4 heteroatoms. The Kier molecular flexibility index (Phi) is 5.80. The molecule has 0 aliphatic rings. The molecule has 3 N–H and O–H groups in total. The molecule has 1 atom stereocenters. The first-order valence-corrected chi connectivity index (χ1v) is 6.76. The van der Waals surface area contributed by atoms with Crippen LogP contribution < -0.4 is 11.1 Å². The SMILES string of the molecule is CC(C)CCCC(C)NC(=O)c1ccc(F)cc1N. The Hall–Kier alpha value is -1.58. The highest BCUT2D eigenvalue weighted by Gasteiger charge is 2.13. The van der Waals surface area contributed by atoms with E-state index in [1.165, 1.54) is 18.2 Å². The monoisotopic (exact) mass is 266 g/mol. The van der Waals surface area contributed by atoms with Crippen molar-refractivity contribution in [3.05, 3.63) is 29.6 Å². The number of hydrogen-bond acceptors (Lipinski definition) is 2. The first-order chi connectivity index (χ1) is 8.90. The summed E-state index contributed by atoms with van der Waals surface area (Å²) in [5, 5.41) is 2.89. The molecule has 106 valence electrons. The van der Waals surface area contributed by atoms with Gasteiger partial charge in [-0.15, -0.1) is 0 Å². The minimum Gasteiger partial charge on any atom is -0.398 e. The fraction of sp³-hybridized carbons (Fsp3) is 0.533. The average molecular weight is 266 g/mol. The van der Waals surface area contributed by atoms with Gasteiger partial charge in [0.25, 0.3) is 5.91 Å². The second kappa shape index (κ2) is 7.12. The van der Waals surface area contributed by atoms with Crippen molar-refractivity contribution >= 4 is 11.6 Å². The average Bonchev–Trinajstić information content (AvgIpc) is 2.27. The van der Waals surface area contributed by atoms with Crippen molar-refractivity contribution in [2.24, 2.45) is 5.92 Å². The molecule has 0 bridgehead atoms. The topological polar surface area (TPSA) is 55.1 Å². The van der Waals surface area contributed by atoms with Crippen LogP contribution in [0.15, 0.2) is 18.2 Å². The second-order valence-corrected chi connectivity index (χ2v) is 5.43. The van der Waals surface area contributed by atoms with Crippen LogP contribution in [0, 0.1) is 11.7 Å². The molecule has 3 nitrogen and oxygen atoms in total. The minimum absolute atomic E-state index is 0.0932. The predicted molar refractivity (Wildman–Crippen MR) is 76.4 cm³/mol. The van der Waals surface area contributed by atoms with Gasteiger partial charge in [0.2, 0.25) is 0 Å². The fourth-order valence-corrected chi connectivity index (χ4v) is 1.95. The molecule has 1 aromatic carbocycles. The van der Waals surface area contributed by atoms with Gasteiger partial charge in [0, 0.05) is 11.7 Å². The fourth-order valence-electron chi connectivity index (χ4n) is 1.95. The lowest BCUT2D eigenvalue weighted by molar-refractivity contribution is 0.0938. The molecule has 0 spiro atoms. The smallest absolute Gasteiger partial charge is 0.253 e. The molecule has 0 aliphatic carbocycles. The highest BCUT2D eigenvalue weighted by molar-refractivity contribution is 5.99. The molecule has 0 aliphatic heterocycles. The zero-order valence-electron chi connectivity index (χ0n) is 11.9. The minimum atomic E-state index is -0.431. The Morgan fingerprint density at radius 1 is 1.32 bits per heavy atom. The third kappa shape index (κ3) is 5.28. The van der Waals surface area contributed by atoms with Crippen molar-refractivity contribution in [1.82, 2.24) is 5.32 Å². The summed E-state index contributed by atoms with van der Waals surface area (Å²) in [6.07, 6.45) is 3.17. The Morgan fingerprint density at radius 3 is 2.58 bits per heavy atom. The zero-order chi connectivity index (χ0) is 14.4. The summed E-state index contributed by atoms with van der Waals surface area (Å²) in [7, 11) is 0. The maximum absolute atomic E-state index is 12.9. The van der Waals surface area contributed by atoms with E-state index in [1.807, 2.05) is 6.92 Å². The summed E-state index contributed by atoms with van der Waals surface area (Å²) in [6.45, 7) is 6.34. The molecule has 19 heavy (non-hydrogen) atoms. The highest BCUT2D eigenvalue weighted by Crippen LogP contribution is 2.14. The molecule has 0 saturated heterocycles. The van der Waals surface area contributed by atoms with Gasteiger partial charge in [0.05, 0.1) is 5.56 Å². The Labute approximate surface area is 114 Å². The number of nitrogens with one attached hydrogen (secondary N) is 1. The number of hydrogen-bond donors (Lipinski definition) is 2. The summed E-state index contributed by atoms with van der Waals surface area (Å²) in [4.78, 5) is 12.0. The molecular weight excluding hydrogens is 243 g/mol. The standard InChI is InChI=1S/C15H23FN2O/c1-10(2)5-4-6-11(3)18-15(19)13-8-7-12(16)9-14(13)17/h7-11H,4-6,17H2,1-3H3,(H,18,19). The third-order valence-electron chi connectivity index (χ3n) is 3.05. The Balaban J connectivity index is 2.50. The van der Waals surface area contributed by atoms with Gasteiger partial charge in [0.1, 0.15) is 5.82 Å². The van der Waals surface area contributed by atoms with Gasteiger partial charge in [-0.1, -0.05) is 26.7 Å². The number of carbonyl (C=O) groups is 1. The lowest BCUT2D eigenvalue weighted by Crippen LogP contribution is -2.33. The first kappa shape index (κ1) is 15.5. The summed E-state index contributed by atoms with van der Waals surface area (Å²) in [5.41, 5.74) is 6.14. The van der Waals surface area contributed by atoms with Crippen LogP contribution in [0.5, 0.6) is 0 Å². The quantitative estimate of drug-likeness (QED) is 0.776. The lowest BCUT2D eigenvalue weighted by atomic mass is 10.0. The van der Waals surface area contributed by atoms with Crippen LogP contribution in [0.2, 0.25) is 0 Å². The van der Waals surface area contributed by atoms with Crippen LogP contribution in [0.3, 0.4) is 0 Å². The number of nitrogens with two attached hydrogens (primary N) is 1. The van der Waals surface area contributed by atoms with Crippen molar-refractivity contribution in [1.29, 1.82) is 0 Å². The molecule has 0 fully saturated rings. The van der Waals surface area contributed by atoms with E-state index in [0.717, 1.165) is 19.3 Å². The van der Waals surface area contributed by atoms with E-state index in [-0.39, 0.29) is 17.6 Å². The lowest BCUT2D eigenvalue weighted by Gasteiger charge is -2.15. The summed E-state index contributed by atoms with van der Waals surface area (Å²) < 4.78 is 12.9. The van der Waals surface area contributed by atoms with Gasteiger partial charge in [-0.25, -0.2) is 4.39 Å². The molecular formula is C15H23FN2O. The van der Waals surface area contributed by atoms with Crippen molar-refractivity contribution in [3.63, 3.8) is 0 Å². The summed E-state index contributed by atoms with van der Waals surface area (Å²) in [6, 6.07) is 3.92. The van der Waals surface area contributed by atoms with Gasteiger partial charge in [0.15, 0.2) is 0 Å². The molecule has 0 saturated carbocycles. The number of carbonyl (C=O) groups excluding carboxylic acids is 1. The normalized spacial score (nSPS) is 12.5. The highest BCUT2D eigenvalue weighted by atomic mass is 19.1. The molecule has 0 radical (unpaired) electrons. The summed E-state index contributed by atoms with van der Waals surface area (Å²) >= 11 is 0. The van der Waals surface area contributed by atoms with Crippen LogP contribution >= 0.6 is 0 Å². The van der Waals surface area contributed by atoms with Crippen molar-refractivity contribution in [2.75, 3.05) is 5.73 Å². The molecule has 1 unspecified atom stereocenters. The largest absolute Gasteiger partial charge is 0.398 e. The van der Waals surface area contributed by atoms with Crippen LogP contribution in [0.1, 0.15) is 50.4 Å². The van der Waals surface area contributed by atoms with Crippen LogP contribution in [0.25, 0.3) is 0 Å². The Bertz CT molecular complexity index is 432. The van der Waals surface area contributed by atoms with E-state index in [1.54, 1.807) is 0 Å². The number of anilines is 1. The molecule has 1 amide bonds. The number of nitrogen functional groups attached to an aromatic ring is 1. The number of halogens is 1. The summed E-state index contributed by atoms with van der Waals surface area (Å²) in [5.74, 6) is 0.00391. The third-order valence-corrected chi connectivity index (χ3v) is 3.05. The van der Waals surface area contributed by atoms with Gasteiger partial charge in [-0.05, 0) is 37.5 Å². The van der Waals surface area contributed by atoms with E-state index >= 15 is 0 Å². The first-order valence-electron chi connectivity index (χ1n) is 6.76. The maximum atomic E-state index is 12.9. The van der Waals surface area contributed by atoms with Crippen molar-refractivity contribution in [3.8, 4) is 0 Å². The van der Waals surface area contributed by atoms with Crippen LogP contribution in [-0.4, -0.2) is 11.9 Å². The number of amides is 1. The van der Waals surface area contributed by atoms with Gasteiger partial charge < -0.3 is 11.1 Å². The predicted octanol–water partition coefficient (Wildman–Crippen LogP) is 3.35. The maximum Gasteiger partial charge on any atom is 0.253 e. The molecule has 0 aromatic heterocycles. The van der Waals surface area contributed by atoms with E-state index in [2.05, 4.69) is 19.2 Å². The Morgan fingerprint density at radius 2 is 2.00 bits per heavy atom. The van der Waals surface area contributed by atoms with E-state index in [9.17, 15) is 9.18 Å². The second-order valence-electron chi connectivity index (χ2n) is 5.43. The zero-order valence-corrected chi connectivity index (χ0v) is 11.9. The van der Waals surface area contributed by atoms with Crippen LogP contribution in [-0.2, 0) is 0 Å². The molecule has 1 aromatic rings. The van der Waals surface area contributed by atoms with Gasteiger partial charge >= 0.3 is 0 Å². The van der Waals surface area contributed by atoms with Crippen molar-refractivity contribution in [2.45, 2.75) is 46.1 Å². The van der Waals surface area contributed by atoms with Gasteiger partial charge in [-0.3, -0.25) is 4.79 Å². The molecule has 0 heterocycles. The van der Waals surface area contributed by atoms with Crippen LogP contribution in [0.4, 0.5) is 10.1 Å². The molecule has 1 rings (SSSR count). The van der Waals surface area contributed by atoms with Gasteiger partial charge in [-0.2, -0.15) is 0 Å².